The van der Waals surface area contributed by atoms with Gasteiger partial charge >= 0.3 is 0 Å². The molecule has 28 heavy (non-hydrogen) atoms. The third-order valence-electron chi connectivity index (χ3n) is 4.24. The Hall–Kier alpha value is -1.95. The van der Waals surface area contributed by atoms with Crippen molar-refractivity contribution in [2.75, 3.05) is 26.8 Å². The minimum absolute atomic E-state index is 0.0641. The van der Waals surface area contributed by atoms with Crippen LogP contribution in [0, 0.1) is 0 Å². The Morgan fingerprint density at radius 1 is 1.11 bits per heavy atom. The molecule has 0 fully saturated rings. The molecule has 0 aliphatic carbocycles. The van der Waals surface area contributed by atoms with E-state index in [9.17, 15) is 4.79 Å². The van der Waals surface area contributed by atoms with Crippen molar-refractivity contribution in [1.82, 2.24) is 10.2 Å². The summed E-state index contributed by atoms with van der Waals surface area (Å²) < 4.78 is 10.9. The zero-order chi connectivity index (χ0) is 20.5. The Bertz CT molecular complexity index is 799. The van der Waals surface area contributed by atoms with E-state index in [1.54, 1.807) is 19.2 Å². The number of rotatable bonds is 10. The molecule has 0 radical (unpaired) electrons. The Morgan fingerprint density at radius 3 is 2.54 bits per heavy atom. The summed E-state index contributed by atoms with van der Waals surface area (Å²) in [6.07, 6.45) is 0. The second-order valence-corrected chi connectivity index (χ2v) is 7.08. The van der Waals surface area contributed by atoms with Gasteiger partial charge in [0.2, 0.25) is 5.91 Å². The van der Waals surface area contributed by atoms with Crippen LogP contribution in [0.2, 0.25) is 10.0 Å². The first kappa shape index (κ1) is 22.3. The molecular weight excluding hydrogens is 399 g/mol. The maximum Gasteiger partial charge on any atom is 0.234 e. The van der Waals surface area contributed by atoms with E-state index >= 15 is 0 Å². The summed E-state index contributed by atoms with van der Waals surface area (Å²) in [5, 5.41) is 4.02. The predicted octanol–water partition coefficient (Wildman–Crippen LogP) is 4.54. The first-order chi connectivity index (χ1) is 13.5. The van der Waals surface area contributed by atoms with Crippen molar-refractivity contribution in [3.63, 3.8) is 0 Å². The topological polar surface area (TPSA) is 50.8 Å². The quantitative estimate of drug-likeness (QED) is 0.608. The van der Waals surface area contributed by atoms with Gasteiger partial charge in [-0.2, -0.15) is 0 Å². The van der Waals surface area contributed by atoms with Crippen LogP contribution in [0.4, 0.5) is 0 Å². The second kappa shape index (κ2) is 11.1. The molecule has 0 aromatic heterocycles. The molecule has 152 valence electrons. The summed E-state index contributed by atoms with van der Waals surface area (Å²) >= 11 is 12.0. The van der Waals surface area contributed by atoms with E-state index in [-0.39, 0.29) is 12.5 Å². The lowest BCUT2D eigenvalue weighted by atomic mass is 10.2. The zero-order valence-corrected chi connectivity index (χ0v) is 17.9. The number of carbonyl (C=O) groups is 1. The number of likely N-dealkylation sites (N-methyl/N-ethyl adjacent to an activating group) is 1. The molecule has 2 aromatic carbocycles. The Kier molecular flexibility index (Phi) is 8.90. The number of hydrogen-bond acceptors (Lipinski definition) is 4. The van der Waals surface area contributed by atoms with Gasteiger partial charge < -0.3 is 14.8 Å². The lowest BCUT2D eigenvalue weighted by molar-refractivity contribution is -0.122. The van der Waals surface area contributed by atoms with Gasteiger partial charge in [0.1, 0.15) is 0 Å². The van der Waals surface area contributed by atoms with Gasteiger partial charge in [0.25, 0.3) is 0 Å². The van der Waals surface area contributed by atoms with E-state index in [2.05, 4.69) is 5.32 Å². The summed E-state index contributed by atoms with van der Waals surface area (Å²) in [4.78, 5) is 14.4. The first-order valence-corrected chi connectivity index (χ1v) is 9.95. The number of ether oxygens (including phenoxy) is 2. The van der Waals surface area contributed by atoms with E-state index in [0.717, 1.165) is 23.4 Å². The van der Waals surface area contributed by atoms with Crippen molar-refractivity contribution < 1.29 is 14.3 Å². The normalized spacial score (nSPS) is 10.8. The highest BCUT2D eigenvalue weighted by molar-refractivity contribution is 6.35. The molecule has 1 N–H and O–H groups in total. The van der Waals surface area contributed by atoms with Gasteiger partial charge in [-0.25, -0.2) is 0 Å². The number of methoxy groups -OCH3 is 1. The largest absolute Gasteiger partial charge is 0.493 e. The number of benzene rings is 2. The minimum atomic E-state index is -0.0641. The number of amides is 1. The number of halogens is 2. The van der Waals surface area contributed by atoms with Crippen molar-refractivity contribution in [3.8, 4) is 11.5 Å². The van der Waals surface area contributed by atoms with Crippen LogP contribution in [0.1, 0.15) is 25.0 Å². The van der Waals surface area contributed by atoms with Gasteiger partial charge in [-0.15, -0.1) is 0 Å². The van der Waals surface area contributed by atoms with Crippen molar-refractivity contribution in [2.24, 2.45) is 0 Å². The maximum atomic E-state index is 12.3. The predicted molar refractivity (Wildman–Crippen MR) is 113 cm³/mol. The lowest BCUT2D eigenvalue weighted by Gasteiger charge is -2.21. The smallest absolute Gasteiger partial charge is 0.234 e. The molecule has 0 saturated heterocycles. The molecule has 0 saturated carbocycles. The minimum Gasteiger partial charge on any atom is -0.493 e. The summed E-state index contributed by atoms with van der Waals surface area (Å²) in [7, 11) is 1.62. The number of hydrogen-bond donors (Lipinski definition) is 1. The zero-order valence-electron chi connectivity index (χ0n) is 16.4. The molecule has 0 aliphatic heterocycles. The lowest BCUT2D eigenvalue weighted by Crippen LogP contribution is -2.36. The molecule has 0 heterocycles. The summed E-state index contributed by atoms with van der Waals surface area (Å²) in [6.45, 7) is 6.56. The van der Waals surface area contributed by atoms with Gasteiger partial charge in [0.05, 0.1) is 20.3 Å². The highest BCUT2D eigenvalue weighted by atomic mass is 35.5. The molecule has 0 spiro atoms. The maximum absolute atomic E-state index is 12.3. The van der Waals surface area contributed by atoms with Gasteiger partial charge in [-0.3, -0.25) is 9.69 Å². The van der Waals surface area contributed by atoms with E-state index < -0.39 is 0 Å². The van der Waals surface area contributed by atoms with Gasteiger partial charge in [-0.05, 0) is 48.9 Å². The van der Waals surface area contributed by atoms with Gasteiger partial charge in [0, 0.05) is 23.1 Å². The average Bonchev–Trinajstić information content (AvgIpc) is 2.68. The molecule has 2 aromatic rings. The van der Waals surface area contributed by atoms with Crippen molar-refractivity contribution >= 4 is 29.1 Å². The number of nitrogens with one attached hydrogen (secondary N) is 1. The van der Waals surface area contributed by atoms with Crippen LogP contribution in [-0.2, 0) is 17.9 Å². The third-order valence-corrected chi connectivity index (χ3v) is 4.83. The van der Waals surface area contributed by atoms with Crippen molar-refractivity contribution in [1.29, 1.82) is 0 Å². The van der Waals surface area contributed by atoms with E-state index in [4.69, 9.17) is 32.7 Å². The van der Waals surface area contributed by atoms with Crippen LogP contribution in [0.15, 0.2) is 36.4 Å². The average molecular weight is 425 g/mol. The van der Waals surface area contributed by atoms with Crippen LogP contribution in [0.5, 0.6) is 11.5 Å². The molecule has 0 aliphatic rings. The molecule has 2 rings (SSSR count). The molecule has 1 amide bonds. The van der Waals surface area contributed by atoms with Crippen LogP contribution in [-0.4, -0.2) is 37.6 Å². The monoisotopic (exact) mass is 424 g/mol. The molecule has 7 heteroatoms. The molecule has 0 atom stereocenters. The fourth-order valence-electron chi connectivity index (χ4n) is 2.74. The SMILES string of the molecule is CCOc1ccc(CN(CC)CC(=O)NCc2ccc(Cl)cc2Cl)cc1OC. The van der Waals surface area contributed by atoms with E-state index in [0.29, 0.717) is 35.5 Å². The van der Waals surface area contributed by atoms with Crippen molar-refractivity contribution in [3.05, 3.63) is 57.6 Å². The van der Waals surface area contributed by atoms with E-state index in [1.165, 1.54) is 0 Å². The summed E-state index contributed by atoms with van der Waals surface area (Å²) in [6, 6.07) is 11.1. The standard InChI is InChI=1S/C21H26Cl2N2O3/c1-4-25(13-15-6-9-19(28-5-2)20(10-15)27-3)14-21(26)24-12-16-7-8-17(22)11-18(16)23/h6-11H,4-5,12-14H2,1-3H3,(H,24,26). The van der Waals surface area contributed by atoms with Crippen LogP contribution in [0.3, 0.4) is 0 Å². The Morgan fingerprint density at radius 2 is 1.89 bits per heavy atom. The summed E-state index contributed by atoms with van der Waals surface area (Å²) in [5.41, 5.74) is 1.88. The van der Waals surface area contributed by atoms with E-state index in [1.807, 2.05) is 43.0 Å². The molecule has 5 nitrogen and oxygen atoms in total. The number of nitrogens with zero attached hydrogens (tertiary/aromatic N) is 1. The van der Waals surface area contributed by atoms with Crippen molar-refractivity contribution in [2.45, 2.75) is 26.9 Å². The molecule has 0 bridgehead atoms. The van der Waals surface area contributed by atoms with Gasteiger partial charge in [0.15, 0.2) is 11.5 Å². The molecular formula is C21H26Cl2N2O3. The van der Waals surface area contributed by atoms with Crippen LogP contribution >= 0.6 is 23.2 Å². The van der Waals surface area contributed by atoms with Gasteiger partial charge in [-0.1, -0.05) is 42.3 Å². The fraction of sp³-hybridized carbons (Fsp3) is 0.381. The first-order valence-electron chi connectivity index (χ1n) is 9.19. The number of carbonyl (C=O) groups excluding carboxylic acids is 1. The molecule has 0 unspecified atom stereocenters. The highest BCUT2D eigenvalue weighted by Gasteiger charge is 2.12. The third kappa shape index (κ3) is 6.59. The Balaban J connectivity index is 1.93. The second-order valence-electron chi connectivity index (χ2n) is 6.23. The van der Waals surface area contributed by atoms with Crippen LogP contribution < -0.4 is 14.8 Å². The fourth-order valence-corrected chi connectivity index (χ4v) is 3.22. The Labute approximate surface area is 176 Å². The van der Waals surface area contributed by atoms with Crippen LogP contribution in [0.25, 0.3) is 0 Å². The summed E-state index contributed by atoms with van der Waals surface area (Å²) in [5.74, 6) is 1.34. The highest BCUT2D eigenvalue weighted by Crippen LogP contribution is 2.28.